The van der Waals surface area contributed by atoms with Crippen LogP contribution < -0.4 is 9.47 Å². The van der Waals surface area contributed by atoms with E-state index < -0.39 is 5.91 Å². The molecule has 0 saturated carbocycles. The van der Waals surface area contributed by atoms with Crippen LogP contribution in [-0.2, 0) is 11.3 Å². The van der Waals surface area contributed by atoms with Crippen LogP contribution in [0, 0.1) is 0 Å². The quantitative estimate of drug-likeness (QED) is 0.305. The van der Waals surface area contributed by atoms with Crippen molar-refractivity contribution in [2.24, 2.45) is 10.2 Å². The van der Waals surface area contributed by atoms with Gasteiger partial charge in [-0.2, -0.15) is 0 Å². The summed E-state index contributed by atoms with van der Waals surface area (Å²) in [6, 6.07) is 12.7. The van der Waals surface area contributed by atoms with Gasteiger partial charge in [0, 0.05) is 11.9 Å². The minimum Gasteiger partial charge on any atom is -0.497 e. The molecule has 3 rings (SSSR count). The average molecular weight is 474 g/mol. The fraction of sp³-hybridized carbons (Fsp3) is 0.318. The normalized spacial score (nSPS) is 11.3. The molecule has 8 heteroatoms. The lowest BCUT2D eigenvalue weighted by Crippen LogP contribution is -2.08. The fourth-order valence-corrected chi connectivity index (χ4v) is 3.51. The molecule has 2 aromatic carbocycles. The van der Waals surface area contributed by atoms with Crippen molar-refractivity contribution in [1.29, 1.82) is 0 Å². The maximum Gasteiger partial charge on any atom is 0.302 e. The molecule has 0 spiro atoms. The second-order valence-electron chi connectivity index (χ2n) is 6.73. The standard InChI is InChI=1S/C22H24BrN3O4/c1-3-4-7-12-26-18-11-10-15(29-2)13-16(18)21(22(26)28)25-24-20(27)14-30-19-9-6-5-8-17(19)23/h5-6,8-11,13,28H,3-4,7,12,14H2,1-2H3. The van der Waals surface area contributed by atoms with Crippen LogP contribution in [0.15, 0.2) is 57.2 Å². The van der Waals surface area contributed by atoms with Crippen LogP contribution in [0.3, 0.4) is 0 Å². The van der Waals surface area contributed by atoms with E-state index in [2.05, 4.69) is 33.1 Å². The number of methoxy groups -OCH3 is 1. The predicted octanol–water partition coefficient (Wildman–Crippen LogP) is 6.00. The molecule has 0 bridgehead atoms. The molecule has 1 heterocycles. The monoisotopic (exact) mass is 473 g/mol. The van der Waals surface area contributed by atoms with E-state index in [-0.39, 0.29) is 18.2 Å². The van der Waals surface area contributed by atoms with Gasteiger partial charge in [0.1, 0.15) is 11.5 Å². The molecular weight excluding hydrogens is 450 g/mol. The number of fused-ring (bicyclic) bond motifs is 1. The van der Waals surface area contributed by atoms with Gasteiger partial charge in [0.05, 0.1) is 17.1 Å². The number of azo groups is 1. The minimum absolute atomic E-state index is 0.0161. The number of benzene rings is 2. The van der Waals surface area contributed by atoms with Gasteiger partial charge >= 0.3 is 5.91 Å². The van der Waals surface area contributed by atoms with Crippen molar-refractivity contribution in [3.8, 4) is 17.4 Å². The first-order valence-corrected chi connectivity index (χ1v) is 10.6. The second kappa shape index (κ2) is 10.2. The molecule has 3 aromatic rings. The topological polar surface area (TPSA) is 85.4 Å². The van der Waals surface area contributed by atoms with E-state index in [1.807, 2.05) is 30.3 Å². The van der Waals surface area contributed by atoms with Crippen LogP contribution >= 0.6 is 15.9 Å². The van der Waals surface area contributed by atoms with Gasteiger partial charge in [0.2, 0.25) is 5.88 Å². The highest BCUT2D eigenvalue weighted by atomic mass is 79.9. The van der Waals surface area contributed by atoms with E-state index in [0.717, 1.165) is 29.3 Å². The first kappa shape index (κ1) is 21.8. The number of nitrogens with zero attached hydrogens (tertiary/aromatic N) is 3. The Bertz CT molecular complexity index is 1060. The van der Waals surface area contributed by atoms with Crippen LogP contribution in [0.2, 0.25) is 0 Å². The number of hydrogen-bond donors (Lipinski definition) is 1. The number of halogens is 1. The smallest absolute Gasteiger partial charge is 0.302 e. The first-order chi connectivity index (χ1) is 14.5. The number of ether oxygens (including phenoxy) is 2. The van der Waals surface area contributed by atoms with Crippen molar-refractivity contribution in [1.82, 2.24) is 4.57 Å². The highest BCUT2D eigenvalue weighted by molar-refractivity contribution is 9.10. The van der Waals surface area contributed by atoms with Crippen LogP contribution in [0.4, 0.5) is 5.69 Å². The zero-order valence-electron chi connectivity index (χ0n) is 17.0. The van der Waals surface area contributed by atoms with Gasteiger partial charge in [-0.05, 0) is 52.7 Å². The Hall–Kier alpha value is -2.87. The summed E-state index contributed by atoms with van der Waals surface area (Å²) in [5.74, 6) is 0.604. The molecule has 0 atom stereocenters. The number of aromatic nitrogens is 1. The van der Waals surface area contributed by atoms with E-state index in [0.29, 0.717) is 23.4 Å². The van der Waals surface area contributed by atoms with Crippen molar-refractivity contribution in [3.63, 3.8) is 0 Å². The number of carbonyl (C=O) groups is 1. The van der Waals surface area contributed by atoms with Gasteiger partial charge in [0.25, 0.3) is 0 Å². The molecule has 0 radical (unpaired) electrons. The van der Waals surface area contributed by atoms with Gasteiger partial charge in [-0.3, -0.25) is 4.79 Å². The SMILES string of the molecule is CCCCCn1c(O)c(N=NC(=O)COc2ccccc2Br)c2cc(OC)ccc21. The van der Waals surface area contributed by atoms with Crippen molar-refractivity contribution >= 4 is 38.4 Å². The third-order valence-electron chi connectivity index (χ3n) is 4.65. The molecule has 0 saturated heterocycles. The van der Waals surface area contributed by atoms with Crippen molar-refractivity contribution in [3.05, 3.63) is 46.9 Å². The fourth-order valence-electron chi connectivity index (χ4n) is 3.11. The summed E-state index contributed by atoms with van der Waals surface area (Å²) in [7, 11) is 1.57. The van der Waals surface area contributed by atoms with Crippen LogP contribution in [0.5, 0.6) is 17.4 Å². The zero-order valence-corrected chi connectivity index (χ0v) is 18.6. The van der Waals surface area contributed by atoms with Crippen molar-refractivity contribution in [2.75, 3.05) is 13.7 Å². The third kappa shape index (κ3) is 4.99. The molecule has 0 aliphatic heterocycles. The summed E-state index contributed by atoms with van der Waals surface area (Å²) in [5, 5.41) is 19.2. The molecule has 0 fully saturated rings. The summed E-state index contributed by atoms with van der Waals surface area (Å²) in [4.78, 5) is 12.2. The Morgan fingerprint density at radius 3 is 2.73 bits per heavy atom. The second-order valence-corrected chi connectivity index (χ2v) is 7.58. The third-order valence-corrected chi connectivity index (χ3v) is 5.31. The Balaban J connectivity index is 1.83. The summed E-state index contributed by atoms with van der Waals surface area (Å²) in [5.41, 5.74) is 1.06. The highest BCUT2D eigenvalue weighted by Gasteiger charge is 2.18. The van der Waals surface area contributed by atoms with Crippen molar-refractivity contribution < 1.29 is 19.4 Å². The molecule has 1 amide bonds. The molecule has 1 aromatic heterocycles. The molecule has 7 nitrogen and oxygen atoms in total. The first-order valence-electron chi connectivity index (χ1n) is 9.76. The van der Waals surface area contributed by atoms with Crippen LogP contribution in [-0.4, -0.2) is 29.3 Å². The Morgan fingerprint density at radius 2 is 2.00 bits per heavy atom. The van der Waals surface area contributed by atoms with E-state index in [4.69, 9.17) is 9.47 Å². The summed E-state index contributed by atoms with van der Waals surface area (Å²) < 4.78 is 13.3. The van der Waals surface area contributed by atoms with Gasteiger partial charge < -0.3 is 19.1 Å². The van der Waals surface area contributed by atoms with E-state index >= 15 is 0 Å². The number of unbranched alkanes of at least 4 members (excludes halogenated alkanes) is 2. The number of aryl methyl sites for hydroxylation is 1. The number of carbonyl (C=O) groups excluding carboxylic acids is 1. The van der Waals surface area contributed by atoms with Gasteiger partial charge in [-0.1, -0.05) is 31.9 Å². The Labute approximate surface area is 183 Å². The number of rotatable bonds is 9. The molecule has 0 unspecified atom stereocenters. The lowest BCUT2D eigenvalue weighted by Gasteiger charge is -2.06. The minimum atomic E-state index is -0.556. The summed E-state index contributed by atoms with van der Waals surface area (Å²) in [6.07, 6.45) is 3.05. The zero-order chi connectivity index (χ0) is 21.5. The maximum absolute atomic E-state index is 12.2. The largest absolute Gasteiger partial charge is 0.497 e. The molecule has 30 heavy (non-hydrogen) atoms. The van der Waals surface area contributed by atoms with E-state index in [9.17, 15) is 9.90 Å². The maximum atomic E-state index is 12.2. The number of aromatic hydroxyl groups is 1. The van der Waals surface area contributed by atoms with Gasteiger partial charge in [-0.15, -0.1) is 10.2 Å². The lowest BCUT2D eigenvalue weighted by molar-refractivity contribution is -0.120. The number of para-hydroxylation sites is 1. The Kier molecular flexibility index (Phi) is 7.46. The van der Waals surface area contributed by atoms with E-state index in [1.54, 1.807) is 23.8 Å². The Morgan fingerprint density at radius 1 is 1.20 bits per heavy atom. The summed E-state index contributed by atoms with van der Waals surface area (Å²) >= 11 is 3.36. The summed E-state index contributed by atoms with van der Waals surface area (Å²) in [6.45, 7) is 2.52. The molecule has 1 N–H and O–H groups in total. The highest BCUT2D eigenvalue weighted by Crippen LogP contribution is 2.40. The van der Waals surface area contributed by atoms with Gasteiger partial charge in [-0.25, -0.2) is 0 Å². The average Bonchev–Trinajstić information content (AvgIpc) is 3.02. The molecule has 0 aliphatic carbocycles. The predicted molar refractivity (Wildman–Crippen MR) is 119 cm³/mol. The number of amides is 1. The van der Waals surface area contributed by atoms with Gasteiger partial charge in [0.15, 0.2) is 12.3 Å². The van der Waals surface area contributed by atoms with Crippen LogP contribution in [0.1, 0.15) is 26.2 Å². The molecular formula is C22H24BrN3O4. The van der Waals surface area contributed by atoms with Crippen LogP contribution in [0.25, 0.3) is 10.9 Å². The lowest BCUT2D eigenvalue weighted by atomic mass is 10.2. The van der Waals surface area contributed by atoms with E-state index in [1.165, 1.54) is 0 Å². The molecule has 158 valence electrons. The number of hydrogen-bond acceptors (Lipinski definition) is 5. The molecule has 0 aliphatic rings. The van der Waals surface area contributed by atoms with Crippen molar-refractivity contribution in [2.45, 2.75) is 32.7 Å².